The number of rotatable bonds is 6. The maximum atomic E-state index is 12.5. The number of carbonyl (C=O) groups excluding carboxylic acids is 1. The second-order valence-electron chi connectivity index (χ2n) is 7.81. The molecule has 0 radical (unpaired) electrons. The van der Waals surface area contributed by atoms with Gasteiger partial charge in [-0.3, -0.25) is 9.78 Å². The molecule has 0 aliphatic carbocycles. The minimum absolute atomic E-state index is 0.291. The van der Waals surface area contributed by atoms with Crippen LogP contribution in [-0.4, -0.2) is 21.7 Å². The van der Waals surface area contributed by atoms with Crippen LogP contribution in [0.3, 0.4) is 0 Å². The molecule has 0 saturated carbocycles. The Morgan fingerprint density at radius 2 is 1.46 bits per heavy atom. The van der Waals surface area contributed by atoms with Gasteiger partial charge in [-0.05, 0) is 53.6 Å². The normalized spacial score (nSPS) is 11.0. The van der Waals surface area contributed by atoms with Crippen molar-refractivity contribution >= 4 is 28.1 Å². The maximum Gasteiger partial charge on any atom is 0.271 e. The summed E-state index contributed by atoms with van der Waals surface area (Å²) in [5.41, 5.74) is 9.15. The van der Waals surface area contributed by atoms with Gasteiger partial charge in [0, 0.05) is 33.7 Å². The lowest BCUT2D eigenvalue weighted by atomic mass is 10.1. The van der Waals surface area contributed by atoms with Crippen molar-refractivity contribution in [2.24, 2.45) is 5.10 Å². The highest BCUT2D eigenvalue weighted by Gasteiger charge is 2.18. The van der Waals surface area contributed by atoms with Crippen LogP contribution < -0.4 is 5.43 Å². The molecule has 0 spiro atoms. The van der Waals surface area contributed by atoms with Gasteiger partial charge in [0.1, 0.15) is 0 Å². The quantitative estimate of drug-likeness (QED) is 0.199. The van der Waals surface area contributed by atoms with Gasteiger partial charge in [0.15, 0.2) is 0 Å². The Morgan fingerprint density at radius 3 is 2.11 bits per heavy atom. The highest BCUT2D eigenvalue weighted by atomic mass is 79.9. The number of hydrazone groups is 1. The molecule has 35 heavy (non-hydrogen) atoms. The van der Waals surface area contributed by atoms with Crippen LogP contribution in [0.25, 0.3) is 28.2 Å². The number of nitrogens with zero attached hydrogens (tertiary/aromatic N) is 3. The number of hydrogen-bond acceptors (Lipinski definition) is 3. The zero-order chi connectivity index (χ0) is 24.0. The fourth-order valence-corrected chi connectivity index (χ4v) is 4.19. The average Bonchev–Trinajstić information content (AvgIpc) is 3.30. The predicted molar refractivity (Wildman–Crippen MR) is 144 cm³/mol. The third-order valence-corrected chi connectivity index (χ3v) is 6.07. The van der Waals surface area contributed by atoms with Crippen LogP contribution in [0.15, 0.2) is 125 Å². The van der Waals surface area contributed by atoms with E-state index < -0.39 is 0 Å². The number of halogens is 1. The van der Waals surface area contributed by atoms with Gasteiger partial charge < -0.3 is 4.57 Å². The first-order valence-electron chi connectivity index (χ1n) is 11.1. The van der Waals surface area contributed by atoms with Crippen LogP contribution in [-0.2, 0) is 0 Å². The lowest BCUT2D eigenvalue weighted by molar-refractivity contribution is 0.0955. The first-order chi connectivity index (χ1) is 17.2. The Hall–Kier alpha value is -4.29. The standard InChI is InChI=1S/C29H21BrN4O/c30-25-11-13-26(14-12-25)34-27(21-7-3-1-4-8-21)19-24(28(34)22-9-5-2-6-10-22)20-32-33-29(35)23-15-17-31-18-16-23/h1-20H,(H,33,35). The van der Waals surface area contributed by atoms with Crippen molar-refractivity contribution in [1.82, 2.24) is 15.0 Å². The van der Waals surface area contributed by atoms with Gasteiger partial charge in [0.2, 0.25) is 0 Å². The lowest BCUT2D eigenvalue weighted by Gasteiger charge is -2.15. The summed E-state index contributed by atoms with van der Waals surface area (Å²) in [5, 5.41) is 4.29. The number of amides is 1. The number of carbonyl (C=O) groups is 1. The molecule has 170 valence electrons. The first-order valence-corrected chi connectivity index (χ1v) is 11.9. The molecule has 0 bridgehead atoms. The fourth-order valence-electron chi connectivity index (χ4n) is 3.93. The number of nitrogens with one attached hydrogen (secondary N) is 1. The van der Waals surface area contributed by atoms with Gasteiger partial charge in [0.25, 0.3) is 5.91 Å². The minimum atomic E-state index is -0.291. The highest BCUT2D eigenvalue weighted by molar-refractivity contribution is 9.10. The number of aromatic nitrogens is 2. The molecule has 5 aromatic rings. The summed E-state index contributed by atoms with van der Waals surface area (Å²) in [7, 11) is 0. The molecule has 0 atom stereocenters. The molecule has 5 rings (SSSR count). The summed E-state index contributed by atoms with van der Waals surface area (Å²) in [6.07, 6.45) is 4.86. The monoisotopic (exact) mass is 520 g/mol. The van der Waals surface area contributed by atoms with Crippen LogP contribution in [0.1, 0.15) is 15.9 Å². The Bertz CT molecular complexity index is 1460. The molecule has 6 heteroatoms. The predicted octanol–water partition coefficient (Wildman–Crippen LogP) is 6.73. The summed E-state index contributed by atoms with van der Waals surface area (Å²) in [5.74, 6) is -0.291. The smallest absolute Gasteiger partial charge is 0.271 e. The van der Waals surface area contributed by atoms with Crippen LogP contribution >= 0.6 is 15.9 Å². The van der Waals surface area contributed by atoms with E-state index in [0.717, 1.165) is 38.2 Å². The summed E-state index contributed by atoms with van der Waals surface area (Å²) in [6.45, 7) is 0. The minimum Gasteiger partial charge on any atom is -0.309 e. The molecular weight excluding hydrogens is 500 g/mol. The molecule has 3 aromatic carbocycles. The van der Waals surface area contributed by atoms with E-state index in [4.69, 9.17) is 0 Å². The summed E-state index contributed by atoms with van der Waals surface area (Å²) in [6, 6.07) is 34.0. The van der Waals surface area contributed by atoms with E-state index in [2.05, 4.69) is 78.5 Å². The first kappa shape index (κ1) is 22.5. The van der Waals surface area contributed by atoms with Crippen LogP contribution in [0.2, 0.25) is 0 Å². The van der Waals surface area contributed by atoms with Gasteiger partial charge in [-0.15, -0.1) is 0 Å². The van der Waals surface area contributed by atoms with Gasteiger partial charge >= 0.3 is 0 Å². The average molecular weight is 521 g/mol. The number of hydrogen-bond donors (Lipinski definition) is 1. The van der Waals surface area contributed by atoms with E-state index in [9.17, 15) is 4.79 Å². The lowest BCUT2D eigenvalue weighted by Crippen LogP contribution is -2.17. The van der Waals surface area contributed by atoms with E-state index in [1.54, 1.807) is 30.7 Å². The van der Waals surface area contributed by atoms with Crippen molar-refractivity contribution in [3.63, 3.8) is 0 Å². The van der Waals surface area contributed by atoms with E-state index in [1.165, 1.54) is 0 Å². The molecule has 1 N–H and O–H groups in total. The third-order valence-electron chi connectivity index (χ3n) is 5.54. The topological polar surface area (TPSA) is 59.3 Å². The number of pyridine rings is 1. The molecule has 0 saturated heterocycles. The molecule has 0 fully saturated rings. The van der Waals surface area contributed by atoms with Gasteiger partial charge in [0.05, 0.1) is 17.6 Å². The summed E-state index contributed by atoms with van der Waals surface area (Å²) >= 11 is 3.54. The number of benzene rings is 3. The molecule has 5 nitrogen and oxygen atoms in total. The van der Waals surface area contributed by atoms with Gasteiger partial charge in [-0.1, -0.05) is 76.6 Å². The summed E-state index contributed by atoms with van der Waals surface area (Å²) < 4.78 is 3.24. The molecule has 2 aromatic heterocycles. The highest BCUT2D eigenvalue weighted by Crippen LogP contribution is 2.35. The molecular formula is C29H21BrN4O. The van der Waals surface area contributed by atoms with Crippen molar-refractivity contribution in [1.29, 1.82) is 0 Å². The zero-order valence-corrected chi connectivity index (χ0v) is 20.3. The van der Waals surface area contributed by atoms with E-state index >= 15 is 0 Å². The van der Waals surface area contributed by atoms with Crippen LogP contribution in [0.4, 0.5) is 0 Å². The van der Waals surface area contributed by atoms with Crippen molar-refractivity contribution < 1.29 is 4.79 Å². The van der Waals surface area contributed by atoms with Crippen molar-refractivity contribution in [3.05, 3.63) is 131 Å². The Morgan fingerprint density at radius 1 is 0.829 bits per heavy atom. The Kier molecular flexibility index (Phi) is 6.63. The molecule has 0 aliphatic heterocycles. The molecule has 1 amide bonds. The second-order valence-corrected chi connectivity index (χ2v) is 8.73. The fraction of sp³-hybridized carbons (Fsp3) is 0. The summed E-state index contributed by atoms with van der Waals surface area (Å²) in [4.78, 5) is 16.4. The third kappa shape index (κ3) is 4.98. The van der Waals surface area contributed by atoms with Gasteiger partial charge in [-0.2, -0.15) is 5.10 Å². The maximum absolute atomic E-state index is 12.5. The van der Waals surface area contributed by atoms with Crippen LogP contribution in [0, 0.1) is 0 Å². The van der Waals surface area contributed by atoms with Crippen LogP contribution in [0.5, 0.6) is 0 Å². The van der Waals surface area contributed by atoms with E-state index in [0.29, 0.717) is 5.56 Å². The van der Waals surface area contributed by atoms with Crippen molar-refractivity contribution in [3.8, 4) is 28.2 Å². The largest absolute Gasteiger partial charge is 0.309 e. The van der Waals surface area contributed by atoms with Gasteiger partial charge in [-0.25, -0.2) is 5.43 Å². The van der Waals surface area contributed by atoms with Crippen molar-refractivity contribution in [2.75, 3.05) is 0 Å². The second kappa shape index (κ2) is 10.3. The zero-order valence-electron chi connectivity index (χ0n) is 18.7. The SMILES string of the molecule is O=C(NN=Cc1cc(-c2ccccc2)n(-c2ccc(Br)cc2)c1-c1ccccc1)c1ccncc1. The molecule has 0 unspecified atom stereocenters. The Balaban J connectivity index is 1.65. The van der Waals surface area contributed by atoms with E-state index in [-0.39, 0.29) is 5.91 Å². The molecule has 2 heterocycles. The Labute approximate surface area is 211 Å². The molecule has 0 aliphatic rings. The van der Waals surface area contributed by atoms with Crippen molar-refractivity contribution in [2.45, 2.75) is 0 Å². The van der Waals surface area contributed by atoms with E-state index in [1.807, 2.05) is 48.5 Å².